The molecule has 11 heteroatoms. The zero-order valence-corrected chi connectivity index (χ0v) is 18.3. The molecule has 0 bridgehead atoms. The summed E-state index contributed by atoms with van der Waals surface area (Å²) in [6, 6.07) is 5.36. The third-order valence-electron chi connectivity index (χ3n) is 4.00. The normalized spacial score (nSPS) is 12.8. The zero-order chi connectivity index (χ0) is 21.9. The molecule has 0 aliphatic heterocycles. The molecule has 1 heterocycles. The fraction of sp³-hybridized carbons (Fsp3) is 0.389. The molecule has 1 aromatic heterocycles. The number of anilines is 1. The third kappa shape index (κ3) is 5.14. The van der Waals surface area contributed by atoms with Crippen molar-refractivity contribution >= 4 is 39.3 Å². The van der Waals surface area contributed by atoms with Crippen LogP contribution < -0.4 is 5.32 Å². The number of carbonyl (C=O) groups is 2. The van der Waals surface area contributed by atoms with Gasteiger partial charge >= 0.3 is 5.97 Å². The molecule has 0 fully saturated rings. The van der Waals surface area contributed by atoms with Crippen molar-refractivity contribution in [2.24, 2.45) is 0 Å². The lowest BCUT2D eigenvalue weighted by atomic mass is 10.2. The van der Waals surface area contributed by atoms with Gasteiger partial charge < -0.3 is 10.1 Å². The van der Waals surface area contributed by atoms with Crippen LogP contribution in [0.25, 0.3) is 0 Å². The summed E-state index contributed by atoms with van der Waals surface area (Å²) < 4.78 is 32.3. The smallest absolute Gasteiger partial charge is 0.340 e. The van der Waals surface area contributed by atoms with Gasteiger partial charge in [0.2, 0.25) is 10.0 Å². The van der Waals surface area contributed by atoms with Crippen LogP contribution in [-0.4, -0.2) is 54.6 Å². The van der Waals surface area contributed by atoms with E-state index < -0.39 is 28.0 Å². The lowest BCUT2D eigenvalue weighted by Gasteiger charge is -2.17. The Balaban J connectivity index is 2.17. The van der Waals surface area contributed by atoms with E-state index in [2.05, 4.69) is 10.4 Å². The maximum absolute atomic E-state index is 12.5. The summed E-state index contributed by atoms with van der Waals surface area (Å²) in [6.45, 7) is 5.21. The van der Waals surface area contributed by atoms with Gasteiger partial charge in [-0.2, -0.15) is 5.10 Å². The first kappa shape index (κ1) is 22.9. The Labute approximate surface area is 174 Å². The summed E-state index contributed by atoms with van der Waals surface area (Å²) in [5, 5.41) is 6.77. The number of hydrogen-bond donors (Lipinski definition) is 1. The van der Waals surface area contributed by atoms with Crippen molar-refractivity contribution in [2.45, 2.75) is 37.8 Å². The van der Waals surface area contributed by atoms with Crippen LogP contribution in [0, 0.1) is 0 Å². The van der Waals surface area contributed by atoms with E-state index in [0.717, 1.165) is 10.4 Å². The lowest BCUT2D eigenvalue weighted by molar-refractivity contribution is -0.123. The van der Waals surface area contributed by atoms with E-state index in [9.17, 15) is 18.0 Å². The number of nitrogens with zero attached hydrogens (tertiary/aromatic N) is 3. The number of hydrogen-bond acceptors (Lipinski definition) is 6. The predicted molar refractivity (Wildman–Crippen MR) is 108 cm³/mol. The van der Waals surface area contributed by atoms with E-state index in [1.807, 2.05) is 13.8 Å². The molecule has 0 saturated heterocycles. The number of aromatic nitrogens is 2. The minimum atomic E-state index is -3.76. The van der Waals surface area contributed by atoms with Crippen molar-refractivity contribution < 1.29 is 22.7 Å². The molecule has 2 aromatic rings. The minimum absolute atomic E-state index is 0.0122. The van der Waals surface area contributed by atoms with Crippen molar-refractivity contribution in [3.05, 3.63) is 41.0 Å². The molecule has 0 spiro atoms. The molecule has 1 N–H and O–H groups in total. The number of esters is 1. The number of carbonyl (C=O) groups excluding carboxylic acids is 2. The standard InChI is InChI=1S/C18H23ClN4O5S/c1-11(2)23-16(8-9-20-23)21-17(24)12(3)28-18(25)14-10-13(6-7-15(14)19)29(26,27)22(4)5/h6-12H,1-5H3,(H,21,24). The monoisotopic (exact) mass is 442 g/mol. The van der Waals surface area contributed by atoms with Crippen molar-refractivity contribution in [1.82, 2.24) is 14.1 Å². The molecule has 2 rings (SSSR count). The first-order valence-electron chi connectivity index (χ1n) is 8.72. The highest BCUT2D eigenvalue weighted by Crippen LogP contribution is 2.23. The molecule has 0 aliphatic carbocycles. The number of amides is 1. The molecule has 1 unspecified atom stereocenters. The van der Waals surface area contributed by atoms with Gasteiger partial charge in [0.15, 0.2) is 6.10 Å². The number of halogens is 1. The van der Waals surface area contributed by atoms with E-state index in [1.165, 1.54) is 33.2 Å². The summed E-state index contributed by atoms with van der Waals surface area (Å²) in [6.07, 6.45) is 0.395. The van der Waals surface area contributed by atoms with Crippen molar-refractivity contribution in [2.75, 3.05) is 19.4 Å². The molecule has 9 nitrogen and oxygen atoms in total. The Morgan fingerprint density at radius 3 is 2.45 bits per heavy atom. The quantitative estimate of drug-likeness (QED) is 0.659. The Hall–Kier alpha value is -2.43. The van der Waals surface area contributed by atoms with Crippen LogP contribution in [0.2, 0.25) is 5.02 Å². The topological polar surface area (TPSA) is 111 Å². The Morgan fingerprint density at radius 1 is 1.21 bits per heavy atom. The predicted octanol–water partition coefficient (Wildman–Crippen LogP) is 2.55. The minimum Gasteiger partial charge on any atom is -0.449 e. The maximum atomic E-state index is 12.5. The molecule has 1 aromatic carbocycles. The van der Waals surface area contributed by atoms with E-state index in [4.69, 9.17) is 16.3 Å². The highest BCUT2D eigenvalue weighted by Gasteiger charge is 2.25. The molecule has 1 amide bonds. The summed E-state index contributed by atoms with van der Waals surface area (Å²) in [7, 11) is -1.02. The number of benzene rings is 1. The molecule has 1 atom stereocenters. The highest BCUT2D eigenvalue weighted by molar-refractivity contribution is 7.89. The van der Waals surface area contributed by atoms with E-state index in [-0.39, 0.29) is 21.5 Å². The average molecular weight is 443 g/mol. The number of sulfonamides is 1. The summed E-state index contributed by atoms with van der Waals surface area (Å²) >= 11 is 6.03. The van der Waals surface area contributed by atoms with Gasteiger partial charge in [0.1, 0.15) is 5.82 Å². The van der Waals surface area contributed by atoms with Crippen LogP contribution in [0.4, 0.5) is 5.82 Å². The second kappa shape index (κ2) is 8.93. The van der Waals surface area contributed by atoms with Gasteiger partial charge in [0, 0.05) is 26.2 Å². The second-order valence-electron chi connectivity index (χ2n) is 6.72. The van der Waals surface area contributed by atoms with Gasteiger partial charge in [-0.15, -0.1) is 0 Å². The molecule has 29 heavy (non-hydrogen) atoms. The fourth-order valence-electron chi connectivity index (χ4n) is 2.36. The average Bonchev–Trinajstić information content (AvgIpc) is 3.09. The van der Waals surface area contributed by atoms with E-state index in [0.29, 0.717) is 5.82 Å². The Morgan fingerprint density at radius 2 is 1.86 bits per heavy atom. The van der Waals surface area contributed by atoms with Gasteiger partial charge in [-0.05, 0) is 39.0 Å². The van der Waals surface area contributed by atoms with E-state index in [1.54, 1.807) is 16.9 Å². The number of ether oxygens (including phenoxy) is 1. The van der Waals surface area contributed by atoms with Crippen molar-refractivity contribution in [3.8, 4) is 0 Å². The SMILES string of the molecule is CC(OC(=O)c1cc(S(=O)(=O)N(C)C)ccc1Cl)C(=O)Nc1ccnn1C(C)C. The first-order chi connectivity index (χ1) is 13.4. The summed E-state index contributed by atoms with van der Waals surface area (Å²) in [5.74, 6) is -1.01. The Kier molecular flexibility index (Phi) is 7.04. The molecule has 0 radical (unpaired) electrons. The first-order valence-corrected chi connectivity index (χ1v) is 10.5. The number of rotatable bonds is 7. The van der Waals surface area contributed by atoms with Gasteiger partial charge in [0.25, 0.3) is 5.91 Å². The van der Waals surface area contributed by atoms with Crippen LogP contribution in [-0.2, 0) is 19.6 Å². The molecule has 0 saturated carbocycles. The van der Waals surface area contributed by atoms with Gasteiger partial charge in [-0.1, -0.05) is 11.6 Å². The number of nitrogens with one attached hydrogen (secondary N) is 1. The second-order valence-corrected chi connectivity index (χ2v) is 9.28. The largest absolute Gasteiger partial charge is 0.449 e. The summed E-state index contributed by atoms with van der Waals surface area (Å²) in [4.78, 5) is 24.8. The van der Waals surface area contributed by atoms with Gasteiger partial charge in [-0.25, -0.2) is 22.2 Å². The van der Waals surface area contributed by atoms with Crippen LogP contribution in [0.3, 0.4) is 0 Å². The maximum Gasteiger partial charge on any atom is 0.340 e. The van der Waals surface area contributed by atoms with Crippen LogP contribution in [0.5, 0.6) is 0 Å². The van der Waals surface area contributed by atoms with Crippen molar-refractivity contribution in [1.29, 1.82) is 0 Å². The molecule has 0 aliphatic rings. The fourth-order valence-corrected chi connectivity index (χ4v) is 3.49. The lowest BCUT2D eigenvalue weighted by Crippen LogP contribution is -2.31. The van der Waals surface area contributed by atoms with Crippen LogP contribution >= 0.6 is 11.6 Å². The van der Waals surface area contributed by atoms with Gasteiger partial charge in [-0.3, -0.25) is 4.79 Å². The van der Waals surface area contributed by atoms with Gasteiger partial charge in [0.05, 0.1) is 21.7 Å². The highest BCUT2D eigenvalue weighted by atomic mass is 35.5. The van der Waals surface area contributed by atoms with Crippen LogP contribution in [0.15, 0.2) is 35.4 Å². The molecular weight excluding hydrogens is 420 g/mol. The van der Waals surface area contributed by atoms with Crippen molar-refractivity contribution in [3.63, 3.8) is 0 Å². The Bertz CT molecular complexity index is 1020. The molecular formula is C18H23ClN4O5S. The third-order valence-corrected chi connectivity index (χ3v) is 6.14. The molecule has 158 valence electrons. The summed E-state index contributed by atoms with van der Waals surface area (Å²) in [5.41, 5.74) is -0.151. The van der Waals surface area contributed by atoms with Crippen LogP contribution in [0.1, 0.15) is 37.2 Å². The van der Waals surface area contributed by atoms with E-state index >= 15 is 0 Å². The zero-order valence-electron chi connectivity index (χ0n) is 16.7.